The van der Waals surface area contributed by atoms with Crippen LogP contribution in [0.15, 0.2) is 71.6 Å². The smallest absolute Gasteiger partial charge is 0.264 e. The van der Waals surface area contributed by atoms with Crippen molar-refractivity contribution in [3.8, 4) is 11.5 Å². The minimum atomic E-state index is -4.27. The van der Waals surface area contributed by atoms with Gasteiger partial charge in [0.1, 0.15) is 12.6 Å². The Morgan fingerprint density at radius 3 is 2.12 bits per heavy atom. The van der Waals surface area contributed by atoms with Gasteiger partial charge in [0.2, 0.25) is 11.8 Å². The number of anilines is 1. The molecule has 2 amide bonds. The van der Waals surface area contributed by atoms with Crippen molar-refractivity contribution >= 4 is 39.1 Å². The van der Waals surface area contributed by atoms with Crippen LogP contribution < -0.4 is 19.1 Å². The third-order valence-corrected chi connectivity index (χ3v) is 8.90. The molecule has 0 fully saturated rings. The molecule has 1 N–H and O–H groups in total. The Balaban J connectivity index is 2.08. The number of rotatable bonds is 14. The number of carbonyl (C=O) groups excluding carboxylic acids is 2. The van der Waals surface area contributed by atoms with Gasteiger partial charge in [-0.2, -0.15) is 0 Å². The van der Waals surface area contributed by atoms with E-state index < -0.39 is 28.5 Å². The van der Waals surface area contributed by atoms with E-state index in [0.717, 1.165) is 15.4 Å². The highest BCUT2D eigenvalue weighted by Crippen LogP contribution is 2.32. The number of hydrogen-bond acceptors (Lipinski definition) is 6. The normalized spacial score (nSPS) is 12.0. The quantitative estimate of drug-likeness (QED) is 0.255. The van der Waals surface area contributed by atoms with Crippen molar-refractivity contribution in [2.75, 3.05) is 31.6 Å². The maximum atomic E-state index is 14.2. The largest absolute Gasteiger partial charge is 0.493 e. The molecule has 0 aliphatic rings. The Labute approximate surface area is 259 Å². The minimum Gasteiger partial charge on any atom is -0.493 e. The van der Waals surface area contributed by atoms with Crippen LogP contribution in [-0.2, 0) is 26.2 Å². The molecule has 0 radical (unpaired) electrons. The monoisotopic (exact) mass is 629 g/mol. The predicted molar refractivity (Wildman–Crippen MR) is 169 cm³/mol. The lowest BCUT2D eigenvalue weighted by atomic mass is 10.1. The average Bonchev–Trinajstić information content (AvgIpc) is 2.99. The second-order valence-electron chi connectivity index (χ2n) is 10.6. The standard InChI is InChI=1S/C32H40ClN3O6S/c1-7-28(32(38)34-19-22(2)3)35(20-24-10-12-25(33)13-11-24)31(37)21-36(26-14-8-23(4)9-15-26)43(39,40)27-16-17-29(41-5)30(18-27)42-6/h8-18,22,28H,7,19-21H2,1-6H3,(H,34,38)/t28-/m0/s1. The number of nitrogens with one attached hydrogen (secondary N) is 1. The number of benzene rings is 3. The van der Waals surface area contributed by atoms with Gasteiger partial charge in [-0.15, -0.1) is 0 Å². The molecule has 9 nitrogen and oxygen atoms in total. The van der Waals surface area contributed by atoms with E-state index in [1.165, 1.54) is 37.3 Å². The van der Waals surface area contributed by atoms with E-state index in [2.05, 4.69) is 5.32 Å². The molecule has 1 atom stereocenters. The molecule has 0 unspecified atom stereocenters. The molecule has 232 valence electrons. The fraction of sp³-hybridized carbons (Fsp3) is 0.375. The average molecular weight is 630 g/mol. The van der Waals surface area contributed by atoms with Crippen molar-refractivity contribution in [1.82, 2.24) is 10.2 Å². The van der Waals surface area contributed by atoms with E-state index in [4.69, 9.17) is 21.1 Å². The van der Waals surface area contributed by atoms with Crippen molar-refractivity contribution in [3.05, 3.63) is 82.9 Å². The van der Waals surface area contributed by atoms with Gasteiger partial charge in [0.15, 0.2) is 11.5 Å². The number of methoxy groups -OCH3 is 2. The van der Waals surface area contributed by atoms with Crippen molar-refractivity contribution in [1.29, 1.82) is 0 Å². The number of ether oxygens (including phenoxy) is 2. The number of aryl methyl sites for hydroxylation is 1. The summed E-state index contributed by atoms with van der Waals surface area (Å²) in [5, 5.41) is 3.46. The summed E-state index contributed by atoms with van der Waals surface area (Å²) in [5.74, 6) is -0.0254. The molecule has 0 aliphatic heterocycles. The second-order valence-corrected chi connectivity index (χ2v) is 12.9. The fourth-order valence-corrected chi connectivity index (χ4v) is 6.03. The second kappa shape index (κ2) is 15.1. The fourth-order valence-electron chi connectivity index (χ4n) is 4.47. The summed E-state index contributed by atoms with van der Waals surface area (Å²) in [6.45, 7) is 7.66. The van der Waals surface area contributed by atoms with E-state index in [9.17, 15) is 18.0 Å². The Morgan fingerprint density at radius 1 is 0.930 bits per heavy atom. The van der Waals surface area contributed by atoms with Crippen LogP contribution in [0, 0.1) is 12.8 Å². The van der Waals surface area contributed by atoms with Crippen molar-refractivity contribution in [2.24, 2.45) is 5.92 Å². The SMILES string of the molecule is CC[C@@H](C(=O)NCC(C)C)N(Cc1ccc(Cl)cc1)C(=O)CN(c1ccc(C)cc1)S(=O)(=O)c1ccc(OC)c(OC)c1. The first-order chi connectivity index (χ1) is 20.4. The molecule has 0 heterocycles. The molecule has 43 heavy (non-hydrogen) atoms. The van der Waals surface area contributed by atoms with Gasteiger partial charge in [0.05, 0.1) is 24.8 Å². The van der Waals surface area contributed by atoms with Gasteiger partial charge in [-0.3, -0.25) is 13.9 Å². The molecule has 0 saturated carbocycles. The lowest BCUT2D eigenvalue weighted by Crippen LogP contribution is -2.52. The Morgan fingerprint density at radius 2 is 1.56 bits per heavy atom. The van der Waals surface area contributed by atoms with Crippen LogP contribution in [-0.4, -0.2) is 58.5 Å². The molecular weight excluding hydrogens is 590 g/mol. The summed E-state index contributed by atoms with van der Waals surface area (Å²) in [6.07, 6.45) is 0.330. The van der Waals surface area contributed by atoms with E-state index in [0.29, 0.717) is 29.4 Å². The van der Waals surface area contributed by atoms with Gasteiger partial charge in [-0.05, 0) is 61.2 Å². The van der Waals surface area contributed by atoms with E-state index >= 15 is 0 Å². The molecule has 3 aromatic rings. The maximum absolute atomic E-state index is 14.2. The van der Waals surface area contributed by atoms with E-state index in [1.54, 1.807) is 48.5 Å². The summed E-state index contributed by atoms with van der Waals surface area (Å²) in [4.78, 5) is 28.9. The van der Waals surface area contributed by atoms with Crippen LogP contribution in [0.4, 0.5) is 5.69 Å². The first kappa shape index (κ1) is 33.7. The molecule has 3 rings (SSSR count). The van der Waals surface area contributed by atoms with Gasteiger partial charge in [-0.25, -0.2) is 8.42 Å². The van der Waals surface area contributed by atoms with Crippen LogP contribution in [0.5, 0.6) is 11.5 Å². The topological polar surface area (TPSA) is 105 Å². The molecule has 0 aliphatic carbocycles. The first-order valence-electron chi connectivity index (χ1n) is 14.0. The zero-order valence-electron chi connectivity index (χ0n) is 25.5. The van der Waals surface area contributed by atoms with Gasteiger partial charge in [0, 0.05) is 24.2 Å². The summed E-state index contributed by atoms with van der Waals surface area (Å²) < 4.78 is 40.0. The zero-order chi connectivity index (χ0) is 31.7. The summed E-state index contributed by atoms with van der Waals surface area (Å²) >= 11 is 6.08. The van der Waals surface area contributed by atoms with Gasteiger partial charge >= 0.3 is 0 Å². The van der Waals surface area contributed by atoms with Crippen molar-refractivity contribution in [2.45, 2.75) is 51.6 Å². The molecule has 0 spiro atoms. The molecular formula is C32H40ClN3O6S. The minimum absolute atomic E-state index is 0.0792. The zero-order valence-corrected chi connectivity index (χ0v) is 27.0. The lowest BCUT2D eigenvalue weighted by molar-refractivity contribution is -0.140. The van der Waals surface area contributed by atoms with Crippen LogP contribution in [0.3, 0.4) is 0 Å². The van der Waals surface area contributed by atoms with Crippen LogP contribution >= 0.6 is 11.6 Å². The van der Waals surface area contributed by atoms with Crippen molar-refractivity contribution in [3.63, 3.8) is 0 Å². The predicted octanol–water partition coefficient (Wildman–Crippen LogP) is 5.44. The van der Waals surface area contributed by atoms with Crippen molar-refractivity contribution < 1.29 is 27.5 Å². The lowest BCUT2D eigenvalue weighted by Gasteiger charge is -2.33. The van der Waals surface area contributed by atoms with E-state index in [1.807, 2.05) is 27.7 Å². The van der Waals surface area contributed by atoms with Crippen LogP contribution in [0.25, 0.3) is 0 Å². The highest BCUT2D eigenvalue weighted by molar-refractivity contribution is 7.92. The number of amides is 2. The highest BCUT2D eigenvalue weighted by atomic mass is 35.5. The molecule has 0 bridgehead atoms. The van der Waals surface area contributed by atoms with Gasteiger partial charge in [0.25, 0.3) is 10.0 Å². The molecule has 0 saturated heterocycles. The maximum Gasteiger partial charge on any atom is 0.264 e. The highest BCUT2D eigenvalue weighted by Gasteiger charge is 2.34. The molecule has 0 aromatic heterocycles. The third kappa shape index (κ3) is 8.64. The van der Waals surface area contributed by atoms with E-state index in [-0.39, 0.29) is 29.0 Å². The van der Waals surface area contributed by atoms with Crippen LogP contribution in [0.2, 0.25) is 5.02 Å². The third-order valence-electron chi connectivity index (χ3n) is 6.88. The Kier molecular flexibility index (Phi) is 11.9. The Hall–Kier alpha value is -3.76. The first-order valence-corrected chi connectivity index (χ1v) is 15.9. The number of carbonyl (C=O) groups is 2. The molecule has 3 aromatic carbocycles. The molecule has 11 heteroatoms. The summed E-state index contributed by atoms with van der Waals surface area (Å²) in [5.41, 5.74) is 1.98. The number of halogens is 1. The van der Waals surface area contributed by atoms with Crippen LogP contribution in [0.1, 0.15) is 38.3 Å². The number of sulfonamides is 1. The number of hydrogen-bond donors (Lipinski definition) is 1. The number of nitrogens with zero attached hydrogens (tertiary/aromatic N) is 2. The summed E-state index contributed by atoms with van der Waals surface area (Å²) in [7, 11) is -1.40. The summed E-state index contributed by atoms with van der Waals surface area (Å²) in [6, 6.07) is 17.3. The van der Waals surface area contributed by atoms with Gasteiger partial charge < -0.3 is 19.7 Å². The van der Waals surface area contributed by atoms with Gasteiger partial charge in [-0.1, -0.05) is 62.2 Å². The Bertz CT molecular complexity index is 1490.